The van der Waals surface area contributed by atoms with Crippen molar-refractivity contribution in [3.63, 3.8) is 0 Å². The van der Waals surface area contributed by atoms with E-state index >= 15 is 0 Å². The van der Waals surface area contributed by atoms with Crippen LogP contribution in [0.3, 0.4) is 0 Å². The van der Waals surface area contributed by atoms with E-state index in [9.17, 15) is 10.4 Å². The SMILES string of the molecule is CC(C)(C)NCC(O)COc1ncc(OCc2ccccc2)cc1C#N. The van der Waals surface area contributed by atoms with Crippen LogP contribution in [0.5, 0.6) is 11.6 Å². The lowest BCUT2D eigenvalue weighted by Crippen LogP contribution is -2.42. The van der Waals surface area contributed by atoms with E-state index in [4.69, 9.17) is 9.47 Å². The Bertz CT molecular complexity index is 736. The Morgan fingerprint density at radius 1 is 1.23 bits per heavy atom. The highest BCUT2D eigenvalue weighted by Crippen LogP contribution is 2.21. The molecule has 6 nitrogen and oxygen atoms in total. The number of aliphatic hydroxyl groups excluding tert-OH is 1. The van der Waals surface area contributed by atoms with Crippen molar-refractivity contribution in [3.05, 3.63) is 53.7 Å². The minimum Gasteiger partial charge on any atom is -0.487 e. The van der Waals surface area contributed by atoms with Crippen molar-refractivity contribution in [2.45, 2.75) is 39.0 Å². The number of nitrogens with one attached hydrogen (secondary N) is 1. The standard InChI is InChI=1S/C20H25N3O3/c1-20(2,3)23-11-17(24)14-26-19-16(10-21)9-18(12-22-19)25-13-15-7-5-4-6-8-15/h4-9,12,17,23-24H,11,13-14H2,1-3H3. The molecule has 2 N–H and O–H groups in total. The van der Waals surface area contributed by atoms with Gasteiger partial charge < -0.3 is 19.9 Å². The van der Waals surface area contributed by atoms with Gasteiger partial charge in [-0.3, -0.25) is 0 Å². The van der Waals surface area contributed by atoms with Gasteiger partial charge in [-0.1, -0.05) is 30.3 Å². The van der Waals surface area contributed by atoms with Gasteiger partial charge in [0.15, 0.2) is 0 Å². The van der Waals surface area contributed by atoms with E-state index in [1.807, 2.05) is 57.2 Å². The van der Waals surface area contributed by atoms with Crippen LogP contribution in [-0.2, 0) is 6.61 Å². The third kappa shape index (κ3) is 6.71. The summed E-state index contributed by atoms with van der Waals surface area (Å²) in [6.07, 6.45) is 0.815. The number of β-amino-alcohol motifs (C(OH)–C–C–N with tert-alkyl or cyclic N) is 1. The number of nitriles is 1. The lowest BCUT2D eigenvalue weighted by Gasteiger charge is -2.22. The fourth-order valence-electron chi connectivity index (χ4n) is 2.11. The Morgan fingerprint density at radius 3 is 2.62 bits per heavy atom. The Labute approximate surface area is 154 Å². The summed E-state index contributed by atoms with van der Waals surface area (Å²) < 4.78 is 11.2. The number of rotatable bonds is 8. The van der Waals surface area contributed by atoms with Crippen molar-refractivity contribution < 1.29 is 14.6 Å². The fourth-order valence-corrected chi connectivity index (χ4v) is 2.11. The third-order valence-electron chi connectivity index (χ3n) is 3.48. The zero-order valence-corrected chi connectivity index (χ0v) is 15.4. The summed E-state index contributed by atoms with van der Waals surface area (Å²) in [5.41, 5.74) is 1.21. The Balaban J connectivity index is 1.90. The molecule has 26 heavy (non-hydrogen) atoms. The van der Waals surface area contributed by atoms with Crippen LogP contribution in [0, 0.1) is 11.3 Å². The lowest BCUT2D eigenvalue weighted by atomic mass is 10.1. The van der Waals surface area contributed by atoms with Crippen molar-refractivity contribution in [1.29, 1.82) is 5.26 Å². The zero-order chi connectivity index (χ0) is 19.0. The van der Waals surface area contributed by atoms with Gasteiger partial charge in [0.05, 0.1) is 6.20 Å². The van der Waals surface area contributed by atoms with Crippen LogP contribution < -0.4 is 14.8 Å². The molecule has 0 aliphatic carbocycles. The van der Waals surface area contributed by atoms with Crippen LogP contribution in [-0.4, -0.2) is 34.9 Å². The molecule has 138 valence electrons. The quantitative estimate of drug-likeness (QED) is 0.757. The molecular formula is C20H25N3O3. The van der Waals surface area contributed by atoms with Gasteiger partial charge in [0.1, 0.15) is 36.7 Å². The van der Waals surface area contributed by atoms with Crippen LogP contribution in [0.1, 0.15) is 31.9 Å². The molecule has 2 rings (SSSR count). The molecule has 0 radical (unpaired) electrons. The van der Waals surface area contributed by atoms with E-state index < -0.39 is 6.10 Å². The number of pyridine rings is 1. The summed E-state index contributed by atoms with van der Waals surface area (Å²) in [6, 6.07) is 13.4. The molecule has 0 aliphatic rings. The fraction of sp³-hybridized carbons (Fsp3) is 0.400. The van der Waals surface area contributed by atoms with Gasteiger partial charge in [0.2, 0.25) is 5.88 Å². The van der Waals surface area contributed by atoms with E-state index in [0.717, 1.165) is 5.56 Å². The van der Waals surface area contributed by atoms with Crippen LogP contribution in [0.2, 0.25) is 0 Å². The number of ether oxygens (including phenoxy) is 2. The maximum absolute atomic E-state index is 9.98. The predicted molar refractivity (Wildman–Crippen MR) is 99.0 cm³/mol. The van der Waals surface area contributed by atoms with Gasteiger partial charge >= 0.3 is 0 Å². The summed E-state index contributed by atoms with van der Waals surface area (Å²) in [5.74, 6) is 0.682. The molecule has 0 aliphatic heterocycles. The Hall–Kier alpha value is -2.62. The second kappa shape index (κ2) is 9.18. The van der Waals surface area contributed by atoms with E-state index in [0.29, 0.717) is 18.9 Å². The zero-order valence-electron chi connectivity index (χ0n) is 15.4. The van der Waals surface area contributed by atoms with E-state index in [2.05, 4.69) is 10.3 Å². The number of aromatic nitrogens is 1. The molecule has 1 aromatic carbocycles. The van der Waals surface area contributed by atoms with E-state index in [1.165, 1.54) is 6.20 Å². The molecule has 1 aromatic heterocycles. The predicted octanol–water partition coefficient (Wildman–Crippen LogP) is 2.66. The number of hydrogen-bond donors (Lipinski definition) is 2. The first kappa shape index (κ1) is 19.7. The highest BCUT2D eigenvalue weighted by Gasteiger charge is 2.14. The largest absolute Gasteiger partial charge is 0.487 e. The summed E-state index contributed by atoms with van der Waals surface area (Å²) in [7, 11) is 0. The minimum absolute atomic E-state index is 0.0506. The van der Waals surface area contributed by atoms with Crippen molar-refractivity contribution in [2.24, 2.45) is 0 Å². The summed E-state index contributed by atoms with van der Waals surface area (Å²) in [4.78, 5) is 4.14. The van der Waals surface area contributed by atoms with Crippen molar-refractivity contribution in [3.8, 4) is 17.7 Å². The summed E-state index contributed by atoms with van der Waals surface area (Å²) in [5, 5.41) is 22.5. The number of nitrogens with zero attached hydrogens (tertiary/aromatic N) is 2. The van der Waals surface area contributed by atoms with Crippen LogP contribution in [0.15, 0.2) is 42.6 Å². The first-order chi connectivity index (χ1) is 12.4. The number of hydrogen-bond acceptors (Lipinski definition) is 6. The molecule has 1 unspecified atom stereocenters. The molecule has 1 atom stereocenters. The minimum atomic E-state index is -0.698. The third-order valence-corrected chi connectivity index (χ3v) is 3.48. The monoisotopic (exact) mass is 355 g/mol. The average Bonchev–Trinajstić information content (AvgIpc) is 2.63. The van der Waals surface area contributed by atoms with Gasteiger partial charge in [0, 0.05) is 18.2 Å². The second-order valence-electron chi connectivity index (χ2n) is 7.01. The van der Waals surface area contributed by atoms with Crippen molar-refractivity contribution in [1.82, 2.24) is 10.3 Å². The van der Waals surface area contributed by atoms with Crippen LogP contribution in [0.4, 0.5) is 0 Å². The molecule has 1 heterocycles. The molecule has 6 heteroatoms. The second-order valence-corrected chi connectivity index (χ2v) is 7.01. The highest BCUT2D eigenvalue weighted by molar-refractivity contribution is 5.42. The molecular weight excluding hydrogens is 330 g/mol. The normalized spacial score (nSPS) is 12.3. The van der Waals surface area contributed by atoms with Crippen LogP contribution >= 0.6 is 0 Å². The first-order valence-electron chi connectivity index (χ1n) is 8.50. The molecule has 0 bridgehead atoms. The Morgan fingerprint density at radius 2 is 1.96 bits per heavy atom. The van der Waals surface area contributed by atoms with Gasteiger partial charge in [0.25, 0.3) is 0 Å². The van der Waals surface area contributed by atoms with Crippen molar-refractivity contribution in [2.75, 3.05) is 13.2 Å². The maximum atomic E-state index is 9.98. The maximum Gasteiger partial charge on any atom is 0.231 e. The molecule has 0 amide bonds. The van der Waals surface area contributed by atoms with Gasteiger partial charge in [-0.25, -0.2) is 4.98 Å². The van der Waals surface area contributed by atoms with E-state index in [-0.39, 0.29) is 23.6 Å². The molecule has 2 aromatic rings. The average molecular weight is 355 g/mol. The van der Waals surface area contributed by atoms with Crippen molar-refractivity contribution >= 4 is 0 Å². The van der Waals surface area contributed by atoms with Gasteiger partial charge in [-0.05, 0) is 26.3 Å². The molecule has 0 saturated heterocycles. The lowest BCUT2D eigenvalue weighted by molar-refractivity contribution is 0.0975. The summed E-state index contributed by atoms with van der Waals surface area (Å²) >= 11 is 0. The Kier molecular flexibility index (Phi) is 6.96. The van der Waals surface area contributed by atoms with E-state index in [1.54, 1.807) is 6.07 Å². The smallest absolute Gasteiger partial charge is 0.231 e. The summed E-state index contributed by atoms with van der Waals surface area (Å²) in [6.45, 7) is 6.89. The topological polar surface area (TPSA) is 87.4 Å². The van der Waals surface area contributed by atoms with Gasteiger partial charge in [-0.15, -0.1) is 0 Å². The highest BCUT2D eigenvalue weighted by atomic mass is 16.5. The first-order valence-corrected chi connectivity index (χ1v) is 8.50. The molecule has 0 spiro atoms. The number of aliphatic hydroxyl groups is 1. The molecule has 0 saturated carbocycles. The van der Waals surface area contributed by atoms with Crippen LogP contribution in [0.25, 0.3) is 0 Å². The number of benzene rings is 1. The molecule has 0 fully saturated rings. The van der Waals surface area contributed by atoms with Gasteiger partial charge in [-0.2, -0.15) is 5.26 Å².